The molecule has 0 atom stereocenters. The van der Waals surface area contributed by atoms with Gasteiger partial charge < -0.3 is 9.47 Å². The number of methoxy groups -OCH3 is 2. The highest BCUT2D eigenvalue weighted by atomic mass is 35.5. The predicted molar refractivity (Wildman–Crippen MR) is 89.1 cm³/mol. The highest BCUT2D eigenvalue weighted by Crippen LogP contribution is 2.24. The SMILES string of the molecule is COc1ccc(-c2cn(Cc3cc(Cl)ccc3OC)nn2)cc1. The molecule has 2 aromatic carbocycles. The molecule has 0 saturated heterocycles. The third-order valence-electron chi connectivity index (χ3n) is 3.50. The van der Waals surface area contributed by atoms with Crippen LogP contribution in [0.3, 0.4) is 0 Å². The molecular formula is C17H16ClN3O2. The monoisotopic (exact) mass is 329 g/mol. The highest BCUT2D eigenvalue weighted by molar-refractivity contribution is 6.30. The molecular weight excluding hydrogens is 314 g/mol. The molecule has 6 heteroatoms. The largest absolute Gasteiger partial charge is 0.497 e. The Bertz CT molecular complexity index is 800. The molecule has 0 unspecified atom stereocenters. The summed E-state index contributed by atoms with van der Waals surface area (Å²) in [5.74, 6) is 1.58. The minimum atomic E-state index is 0.535. The molecule has 23 heavy (non-hydrogen) atoms. The number of hydrogen-bond donors (Lipinski definition) is 0. The van der Waals surface area contributed by atoms with Crippen molar-refractivity contribution >= 4 is 11.6 Å². The topological polar surface area (TPSA) is 49.2 Å². The summed E-state index contributed by atoms with van der Waals surface area (Å²) in [6, 6.07) is 13.2. The number of halogens is 1. The molecule has 0 fully saturated rings. The zero-order chi connectivity index (χ0) is 16.2. The third-order valence-corrected chi connectivity index (χ3v) is 3.73. The average molecular weight is 330 g/mol. The van der Waals surface area contributed by atoms with Crippen LogP contribution in [0, 0.1) is 0 Å². The van der Waals surface area contributed by atoms with Gasteiger partial charge in [0.25, 0.3) is 0 Å². The third kappa shape index (κ3) is 3.46. The molecule has 5 nitrogen and oxygen atoms in total. The quantitative estimate of drug-likeness (QED) is 0.716. The second kappa shape index (κ2) is 6.71. The molecule has 0 radical (unpaired) electrons. The summed E-state index contributed by atoms with van der Waals surface area (Å²) in [5, 5.41) is 9.05. The van der Waals surface area contributed by atoms with Crippen molar-refractivity contribution in [3.63, 3.8) is 0 Å². The Balaban J connectivity index is 1.83. The van der Waals surface area contributed by atoms with Crippen molar-refractivity contribution in [3.05, 3.63) is 59.2 Å². The number of hydrogen-bond acceptors (Lipinski definition) is 4. The molecule has 0 aliphatic carbocycles. The lowest BCUT2D eigenvalue weighted by atomic mass is 10.1. The fourth-order valence-electron chi connectivity index (χ4n) is 2.31. The summed E-state index contributed by atoms with van der Waals surface area (Å²) >= 11 is 6.06. The lowest BCUT2D eigenvalue weighted by molar-refractivity contribution is 0.407. The van der Waals surface area contributed by atoms with Crippen LogP contribution in [0.2, 0.25) is 5.02 Å². The van der Waals surface area contributed by atoms with E-state index in [0.717, 1.165) is 28.3 Å². The van der Waals surface area contributed by atoms with Crippen molar-refractivity contribution in [3.8, 4) is 22.8 Å². The normalized spacial score (nSPS) is 10.6. The summed E-state index contributed by atoms with van der Waals surface area (Å²) in [6.07, 6.45) is 1.89. The maximum Gasteiger partial charge on any atom is 0.124 e. The Kier molecular flexibility index (Phi) is 4.48. The van der Waals surface area contributed by atoms with E-state index >= 15 is 0 Å². The average Bonchev–Trinajstić information content (AvgIpc) is 3.04. The second-order valence-corrected chi connectivity index (χ2v) is 5.42. The van der Waals surface area contributed by atoms with E-state index in [-0.39, 0.29) is 0 Å². The van der Waals surface area contributed by atoms with Crippen LogP contribution in [0.15, 0.2) is 48.7 Å². The molecule has 0 saturated carbocycles. The predicted octanol–water partition coefficient (Wildman–Crippen LogP) is 3.66. The van der Waals surface area contributed by atoms with Crippen LogP contribution < -0.4 is 9.47 Å². The Morgan fingerprint density at radius 3 is 2.52 bits per heavy atom. The number of benzene rings is 2. The highest BCUT2D eigenvalue weighted by Gasteiger charge is 2.08. The zero-order valence-corrected chi connectivity index (χ0v) is 13.6. The van der Waals surface area contributed by atoms with Crippen molar-refractivity contribution in [1.29, 1.82) is 0 Å². The van der Waals surface area contributed by atoms with Gasteiger partial charge in [-0.05, 0) is 42.5 Å². The first-order chi connectivity index (χ1) is 11.2. The Morgan fingerprint density at radius 2 is 1.83 bits per heavy atom. The van der Waals surface area contributed by atoms with Gasteiger partial charge in [0.2, 0.25) is 0 Å². The van der Waals surface area contributed by atoms with Gasteiger partial charge in [-0.1, -0.05) is 16.8 Å². The van der Waals surface area contributed by atoms with Gasteiger partial charge in [-0.2, -0.15) is 0 Å². The van der Waals surface area contributed by atoms with Crippen molar-refractivity contribution in [1.82, 2.24) is 15.0 Å². The Hall–Kier alpha value is -2.53. The molecule has 0 aliphatic heterocycles. The zero-order valence-electron chi connectivity index (χ0n) is 12.9. The fraction of sp³-hybridized carbons (Fsp3) is 0.176. The molecule has 3 rings (SSSR count). The molecule has 0 aliphatic rings. The molecule has 0 amide bonds. The van der Waals surface area contributed by atoms with Gasteiger partial charge in [0.05, 0.1) is 27.0 Å². The summed E-state index contributed by atoms with van der Waals surface area (Å²) < 4.78 is 12.3. The van der Waals surface area contributed by atoms with Crippen LogP contribution in [0.4, 0.5) is 0 Å². The van der Waals surface area contributed by atoms with E-state index in [9.17, 15) is 0 Å². The maximum atomic E-state index is 6.06. The van der Waals surface area contributed by atoms with Crippen LogP contribution in [-0.2, 0) is 6.54 Å². The minimum Gasteiger partial charge on any atom is -0.497 e. The summed E-state index contributed by atoms with van der Waals surface area (Å²) in [4.78, 5) is 0. The summed E-state index contributed by atoms with van der Waals surface area (Å²) in [6.45, 7) is 0.535. The van der Waals surface area contributed by atoms with E-state index in [1.807, 2.05) is 42.6 Å². The van der Waals surface area contributed by atoms with Crippen molar-refractivity contribution in [2.24, 2.45) is 0 Å². The van der Waals surface area contributed by atoms with Crippen molar-refractivity contribution in [2.75, 3.05) is 14.2 Å². The number of aromatic nitrogens is 3. The van der Waals surface area contributed by atoms with E-state index in [1.54, 1.807) is 25.0 Å². The van der Waals surface area contributed by atoms with E-state index in [4.69, 9.17) is 21.1 Å². The van der Waals surface area contributed by atoms with Gasteiger partial charge in [-0.15, -0.1) is 5.10 Å². The van der Waals surface area contributed by atoms with Crippen molar-refractivity contribution < 1.29 is 9.47 Å². The van der Waals surface area contributed by atoms with Crippen LogP contribution in [-0.4, -0.2) is 29.2 Å². The van der Waals surface area contributed by atoms with Crippen molar-refractivity contribution in [2.45, 2.75) is 6.54 Å². The lowest BCUT2D eigenvalue weighted by Crippen LogP contribution is -2.02. The van der Waals surface area contributed by atoms with Gasteiger partial charge in [-0.3, -0.25) is 0 Å². The lowest BCUT2D eigenvalue weighted by Gasteiger charge is -2.08. The molecule has 3 aromatic rings. The Labute approximate surface area is 139 Å². The maximum absolute atomic E-state index is 6.06. The van der Waals surface area contributed by atoms with E-state index < -0.39 is 0 Å². The molecule has 0 bridgehead atoms. The van der Waals surface area contributed by atoms with Gasteiger partial charge in [-0.25, -0.2) is 4.68 Å². The van der Waals surface area contributed by atoms with Crippen LogP contribution in [0.25, 0.3) is 11.3 Å². The van der Waals surface area contributed by atoms with Gasteiger partial charge in [0.1, 0.15) is 17.2 Å². The second-order valence-electron chi connectivity index (χ2n) is 4.99. The van der Waals surface area contributed by atoms with E-state index in [0.29, 0.717) is 11.6 Å². The number of nitrogens with zero attached hydrogens (tertiary/aromatic N) is 3. The standard InChI is InChI=1S/C17H16ClN3O2/c1-22-15-6-3-12(4-7-15)16-11-21(20-19-16)10-13-9-14(18)5-8-17(13)23-2/h3-9,11H,10H2,1-2H3. The first-order valence-electron chi connectivity index (χ1n) is 7.06. The van der Waals surface area contributed by atoms with E-state index in [1.165, 1.54) is 0 Å². The minimum absolute atomic E-state index is 0.535. The number of rotatable bonds is 5. The first-order valence-corrected chi connectivity index (χ1v) is 7.44. The first kappa shape index (κ1) is 15.4. The smallest absolute Gasteiger partial charge is 0.124 e. The van der Waals surface area contributed by atoms with E-state index in [2.05, 4.69) is 10.3 Å². The van der Waals surface area contributed by atoms with Gasteiger partial charge in [0.15, 0.2) is 0 Å². The molecule has 0 N–H and O–H groups in total. The molecule has 1 heterocycles. The van der Waals surface area contributed by atoms with Crippen LogP contribution >= 0.6 is 11.6 Å². The summed E-state index contributed by atoms with van der Waals surface area (Å²) in [7, 11) is 3.28. The molecule has 1 aromatic heterocycles. The van der Waals surface area contributed by atoms with Gasteiger partial charge >= 0.3 is 0 Å². The number of ether oxygens (including phenoxy) is 2. The molecule has 0 spiro atoms. The van der Waals surface area contributed by atoms with Crippen LogP contribution in [0.1, 0.15) is 5.56 Å². The molecule has 118 valence electrons. The van der Waals surface area contributed by atoms with Crippen LogP contribution in [0.5, 0.6) is 11.5 Å². The van der Waals surface area contributed by atoms with Gasteiger partial charge in [0, 0.05) is 16.1 Å². The summed E-state index contributed by atoms with van der Waals surface area (Å²) in [5.41, 5.74) is 2.73. The fourth-order valence-corrected chi connectivity index (χ4v) is 2.51. The Morgan fingerprint density at radius 1 is 1.04 bits per heavy atom.